The standard InChI is InChI=1S/C22H23N3O5/c1-14-19(15(2)24-20(14)22(28)29-3)17(26)13-25(21(27)18-8-6-12-30-18)11-9-16-7-4-5-10-23-16/h4-8,10,12,24H,9,11,13H2,1-3H3. The summed E-state index contributed by atoms with van der Waals surface area (Å²) in [5.41, 5.74) is 2.47. The minimum atomic E-state index is -0.548. The average Bonchev–Trinajstić information content (AvgIpc) is 3.38. The Morgan fingerprint density at radius 1 is 1.17 bits per heavy atom. The molecule has 0 fully saturated rings. The van der Waals surface area contributed by atoms with Gasteiger partial charge in [-0.05, 0) is 43.7 Å². The number of furan rings is 1. The lowest BCUT2D eigenvalue weighted by Crippen LogP contribution is -2.37. The van der Waals surface area contributed by atoms with Crippen LogP contribution in [-0.2, 0) is 11.2 Å². The number of pyridine rings is 1. The number of rotatable bonds is 8. The number of H-pyrrole nitrogens is 1. The number of hydrogen-bond donors (Lipinski definition) is 1. The molecule has 156 valence electrons. The molecule has 0 spiro atoms. The van der Waals surface area contributed by atoms with E-state index < -0.39 is 5.97 Å². The third-order valence-corrected chi connectivity index (χ3v) is 4.82. The molecule has 8 nitrogen and oxygen atoms in total. The predicted octanol–water partition coefficient (Wildman–Crippen LogP) is 2.97. The number of carbonyl (C=O) groups excluding carboxylic acids is 3. The van der Waals surface area contributed by atoms with Gasteiger partial charge in [0.15, 0.2) is 11.5 Å². The molecule has 3 aromatic heterocycles. The third-order valence-electron chi connectivity index (χ3n) is 4.82. The van der Waals surface area contributed by atoms with Gasteiger partial charge in [0.25, 0.3) is 5.91 Å². The summed E-state index contributed by atoms with van der Waals surface area (Å²) in [5, 5.41) is 0. The molecular weight excluding hydrogens is 386 g/mol. The van der Waals surface area contributed by atoms with Crippen LogP contribution in [0.5, 0.6) is 0 Å². The Bertz CT molecular complexity index is 1040. The molecule has 8 heteroatoms. The maximum atomic E-state index is 13.1. The van der Waals surface area contributed by atoms with E-state index in [2.05, 4.69) is 9.97 Å². The van der Waals surface area contributed by atoms with Gasteiger partial charge in [0.2, 0.25) is 0 Å². The molecule has 0 radical (unpaired) electrons. The molecule has 30 heavy (non-hydrogen) atoms. The van der Waals surface area contributed by atoms with E-state index in [9.17, 15) is 14.4 Å². The fraction of sp³-hybridized carbons (Fsp3) is 0.273. The van der Waals surface area contributed by atoms with Crippen LogP contribution in [0.2, 0.25) is 0 Å². The summed E-state index contributed by atoms with van der Waals surface area (Å²) in [6.07, 6.45) is 3.58. The molecule has 0 saturated carbocycles. The normalized spacial score (nSPS) is 10.6. The van der Waals surface area contributed by atoms with Crippen LogP contribution < -0.4 is 0 Å². The van der Waals surface area contributed by atoms with Crippen molar-refractivity contribution >= 4 is 17.7 Å². The highest BCUT2D eigenvalue weighted by molar-refractivity contribution is 6.05. The summed E-state index contributed by atoms with van der Waals surface area (Å²) in [5.74, 6) is -1.06. The van der Waals surface area contributed by atoms with Gasteiger partial charge in [0, 0.05) is 36.1 Å². The maximum absolute atomic E-state index is 13.1. The molecule has 0 bridgehead atoms. The molecule has 0 aliphatic carbocycles. The SMILES string of the molecule is COC(=O)c1[nH]c(C)c(C(=O)CN(CCc2ccccn2)C(=O)c2ccco2)c1C. The van der Waals surface area contributed by atoms with E-state index in [0.29, 0.717) is 23.2 Å². The van der Waals surface area contributed by atoms with Gasteiger partial charge in [-0.2, -0.15) is 0 Å². The van der Waals surface area contributed by atoms with Crippen LogP contribution in [0.3, 0.4) is 0 Å². The van der Waals surface area contributed by atoms with E-state index in [4.69, 9.17) is 9.15 Å². The monoisotopic (exact) mass is 409 g/mol. The molecule has 1 amide bonds. The van der Waals surface area contributed by atoms with E-state index in [1.165, 1.54) is 18.3 Å². The fourth-order valence-corrected chi connectivity index (χ4v) is 3.33. The largest absolute Gasteiger partial charge is 0.464 e. The van der Waals surface area contributed by atoms with Gasteiger partial charge in [-0.1, -0.05) is 6.07 Å². The number of aromatic nitrogens is 2. The number of aryl methyl sites for hydroxylation is 1. The number of methoxy groups -OCH3 is 1. The van der Waals surface area contributed by atoms with Crippen LogP contribution >= 0.6 is 0 Å². The minimum Gasteiger partial charge on any atom is -0.464 e. The molecule has 1 N–H and O–H groups in total. The summed E-state index contributed by atoms with van der Waals surface area (Å²) in [6, 6.07) is 8.72. The van der Waals surface area contributed by atoms with Crippen molar-refractivity contribution in [1.29, 1.82) is 0 Å². The summed E-state index contributed by atoms with van der Waals surface area (Å²) >= 11 is 0. The second-order valence-corrected chi connectivity index (χ2v) is 6.81. The lowest BCUT2D eigenvalue weighted by atomic mass is 10.0. The van der Waals surface area contributed by atoms with E-state index in [1.807, 2.05) is 18.2 Å². The molecule has 0 unspecified atom stereocenters. The Morgan fingerprint density at radius 3 is 2.60 bits per heavy atom. The van der Waals surface area contributed by atoms with Crippen LogP contribution in [0.4, 0.5) is 0 Å². The van der Waals surface area contributed by atoms with Gasteiger partial charge >= 0.3 is 5.97 Å². The second-order valence-electron chi connectivity index (χ2n) is 6.81. The molecule has 0 saturated heterocycles. The number of amides is 1. The van der Waals surface area contributed by atoms with Gasteiger partial charge < -0.3 is 19.0 Å². The lowest BCUT2D eigenvalue weighted by molar-refractivity contribution is 0.0593. The molecule has 3 aromatic rings. The Balaban J connectivity index is 1.83. The van der Waals surface area contributed by atoms with Crippen LogP contribution in [0.1, 0.15) is 48.4 Å². The Kier molecular flexibility index (Phi) is 6.46. The summed E-state index contributed by atoms with van der Waals surface area (Å²) in [6.45, 7) is 3.51. The zero-order valence-electron chi connectivity index (χ0n) is 17.1. The van der Waals surface area contributed by atoms with Crippen molar-refractivity contribution in [3.63, 3.8) is 0 Å². The number of ether oxygens (including phenoxy) is 1. The second kappa shape index (κ2) is 9.21. The summed E-state index contributed by atoms with van der Waals surface area (Å²) < 4.78 is 9.98. The van der Waals surface area contributed by atoms with E-state index in [0.717, 1.165) is 5.69 Å². The molecule has 0 atom stereocenters. The Labute approximate surface area is 173 Å². The van der Waals surface area contributed by atoms with Crippen LogP contribution in [0.15, 0.2) is 47.2 Å². The van der Waals surface area contributed by atoms with Crippen molar-refractivity contribution in [2.24, 2.45) is 0 Å². The lowest BCUT2D eigenvalue weighted by Gasteiger charge is -2.21. The van der Waals surface area contributed by atoms with Crippen molar-refractivity contribution < 1.29 is 23.5 Å². The Morgan fingerprint density at radius 2 is 1.97 bits per heavy atom. The highest BCUT2D eigenvalue weighted by atomic mass is 16.5. The minimum absolute atomic E-state index is 0.154. The molecule has 0 aliphatic rings. The topological polar surface area (TPSA) is 106 Å². The first kappa shape index (κ1) is 21.0. The zero-order valence-corrected chi connectivity index (χ0v) is 17.1. The summed E-state index contributed by atoms with van der Waals surface area (Å²) in [4.78, 5) is 46.5. The molecule has 0 aromatic carbocycles. The predicted molar refractivity (Wildman–Crippen MR) is 108 cm³/mol. The molecule has 3 heterocycles. The number of aromatic amines is 1. The first-order valence-electron chi connectivity index (χ1n) is 9.45. The van der Waals surface area contributed by atoms with Gasteiger partial charge in [-0.15, -0.1) is 0 Å². The quantitative estimate of drug-likeness (QED) is 0.453. The van der Waals surface area contributed by atoms with E-state index >= 15 is 0 Å². The first-order chi connectivity index (χ1) is 14.4. The maximum Gasteiger partial charge on any atom is 0.354 e. The van der Waals surface area contributed by atoms with Crippen LogP contribution in [0, 0.1) is 13.8 Å². The number of nitrogens with zero attached hydrogens (tertiary/aromatic N) is 2. The van der Waals surface area contributed by atoms with Crippen LogP contribution in [0.25, 0.3) is 0 Å². The number of esters is 1. The van der Waals surface area contributed by atoms with Gasteiger partial charge in [-0.3, -0.25) is 14.6 Å². The zero-order chi connectivity index (χ0) is 21.7. The van der Waals surface area contributed by atoms with Crippen molar-refractivity contribution in [2.45, 2.75) is 20.3 Å². The average molecular weight is 409 g/mol. The smallest absolute Gasteiger partial charge is 0.354 e. The van der Waals surface area contributed by atoms with E-state index in [-0.39, 0.29) is 36.2 Å². The number of ketones is 1. The number of hydrogen-bond acceptors (Lipinski definition) is 6. The van der Waals surface area contributed by atoms with Crippen molar-refractivity contribution in [2.75, 3.05) is 20.2 Å². The molecule has 3 rings (SSSR count). The fourth-order valence-electron chi connectivity index (χ4n) is 3.33. The number of carbonyl (C=O) groups is 3. The van der Waals surface area contributed by atoms with E-state index in [1.54, 1.807) is 32.2 Å². The highest BCUT2D eigenvalue weighted by Crippen LogP contribution is 2.20. The number of Topliss-reactive ketones (excluding diaryl/α,β-unsaturated/α-hetero) is 1. The Hall–Kier alpha value is -3.68. The molecular formula is C22H23N3O5. The van der Waals surface area contributed by atoms with Crippen LogP contribution in [-0.4, -0.2) is 52.7 Å². The first-order valence-corrected chi connectivity index (χ1v) is 9.45. The summed E-state index contributed by atoms with van der Waals surface area (Å²) in [7, 11) is 1.28. The van der Waals surface area contributed by atoms with Gasteiger partial charge in [-0.25, -0.2) is 4.79 Å². The molecule has 0 aliphatic heterocycles. The third kappa shape index (κ3) is 4.48. The van der Waals surface area contributed by atoms with Gasteiger partial charge in [0.1, 0.15) is 5.69 Å². The van der Waals surface area contributed by atoms with Gasteiger partial charge in [0.05, 0.1) is 19.9 Å². The number of nitrogens with one attached hydrogen (secondary N) is 1. The highest BCUT2D eigenvalue weighted by Gasteiger charge is 2.26. The van der Waals surface area contributed by atoms with Crippen molar-refractivity contribution in [3.8, 4) is 0 Å². The van der Waals surface area contributed by atoms with Crippen molar-refractivity contribution in [3.05, 3.63) is 76.8 Å². The van der Waals surface area contributed by atoms with Crippen molar-refractivity contribution in [1.82, 2.24) is 14.9 Å².